The van der Waals surface area contributed by atoms with Crippen LogP contribution in [0.3, 0.4) is 0 Å². The summed E-state index contributed by atoms with van der Waals surface area (Å²) in [6, 6.07) is 11.3. The molecule has 1 aromatic rings. The van der Waals surface area contributed by atoms with Gasteiger partial charge >= 0.3 is 0 Å². The van der Waals surface area contributed by atoms with Gasteiger partial charge in [-0.05, 0) is 50.8 Å². The third-order valence-corrected chi connectivity index (χ3v) is 5.86. The van der Waals surface area contributed by atoms with Crippen molar-refractivity contribution in [1.82, 2.24) is 10.3 Å². The third-order valence-electron chi connectivity index (χ3n) is 5.86. The monoisotopic (exact) mass is 287 g/mol. The van der Waals surface area contributed by atoms with Crippen LogP contribution in [-0.4, -0.2) is 30.6 Å². The molecule has 2 fully saturated rings. The van der Waals surface area contributed by atoms with Crippen LogP contribution < -0.4 is 11.3 Å². The molecule has 3 unspecified atom stereocenters. The van der Waals surface area contributed by atoms with E-state index in [0.29, 0.717) is 17.9 Å². The van der Waals surface area contributed by atoms with Crippen LogP contribution in [-0.2, 0) is 0 Å². The Balaban J connectivity index is 1.79. The minimum Gasteiger partial charge on any atom is -0.302 e. The Labute approximate surface area is 128 Å². The van der Waals surface area contributed by atoms with Gasteiger partial charge in [-0.3, -0.25) is 11.3 Å². The van der Waals surface area contributed by atoms with Crippen LogP contribution in [0.15, 0.2) is 30.3 Å². The normalized spacial score (nSPS) is 29.3. The molecule has 3 rings (SSSR count). The number of nitrogens with two attached hydrogens (primary N) is 1. The van der Waals surface area contributed by atoms with Crippen molar-refractivity contribution in [3.63, 3.8) is 0 Å². The minimum atomic E-state index is 0.237. The van der Waals surface area contributed by atoms with Gasteiger partial charge in [-0.15, -0.1) is 0 Å². The first kappa shape index (κ1) is 15.0. The largest absolute Gasteiger partial charge is 0.302 e. The molecular weight excluding hydrogens is 258 g/mol. The Morgan fingerprint density at radius 3 is 2.38 bits per heavy atom. The lowest BCUT2D eigenvalue weighted by Crippen LogP contribution is -2.62. The molecule has 2 aliphatic rings. The Morgan fingerprint density at radius 1 is 1.14 bits per heavy atom. The van der Waals surface area contributed by atoms with Crippen molar-refractivity contribution in [2.24, 2.45) is 11.8 Å². The molecule has 3 heteroatoms. The quantitative estimate of drug-likeness (QED) is 0.646. The van der Waals surface area contributed by atoms with E-state index < -0.39 is 0 Å². The number of nitrogens with zero attached hydrogens (tertiary/aromatic N) is 1. The molecule has 2 saturated carbocycles. The Kier molecular flexibility index (Phi) is 4.34. The van der Waals surface area contributed by atoms with E-state index in [9.17, 15) is 0 Å². The van der Waals surface area contributed by atoms with Gasteiger partial charge in [0, 0.05) is 11.6 Å². The van der Waals surface area contributed by atoms with E-state index in [1.807, 2.05) is 0 Å². The molecule has 0 saturated heterocycles. The van der Waals surface area contributed by atoms with Crippen molar-refractivity contribution in [3.05, 3.63) is 35.9 Å². The smallest absolute Gasteiger partial charge is 0.0428 e. The maximum absolute atomic E-state index is 6.03. The number of likely N-dealkylation sites (N-methyl/N-ethyl adjacent to an activating group) is 1. The van der Waals surface area contributed by atoms with Crippen molar-refractivity contribution < 1.29 is 0 Å². The summed E-state index contributed by atoms with van der Waals surface area (Å²) in [5, 5.41) is 0. The highest BCUT2D eigenvalue weighted by atomic mass is 15.3. The summed E-state index contributed by atoms with van der Waals surface area (Å²) in [5.41, 5.74) is 4.93. The van der Waals surface area contributed by atoms with Gasteiger partial charge in [0.15, 0.2) is 0 Å². The number of rotatable bonds is 5. The molecule has 0 spiro atoms. The maximum Gasteiger partial charge on any atom is 0.0428 e. The fourth-order valence-corrected chi connectivity index (χ4v) is 4.54. The zero-order valence-corrected chi connectivity index (χ0v) is 13.4. The van der Waals surface area contributed by atoms with Crippen LogP contribution in [0.1, 0.15) is 50.0 Å². The standard InChI is InChI=1S/C18H29N3/c1-21(2)18(11-7-4-8-12-18)17(20-19)16-13-15(16)14-9-5-3-6-10-14/h3,5-6,9-10,15-17,20H,4,7-8,11-13,19H2,1-2H3. The molecule has 0 amide bonds. The topological polar surface area (TPSA) is 41.3 Å². The maximum atomic E-state index is 6.03. The van der Waals surface area contributed by atoms with Crippen LogP contribution in [0.25, 0.3) is 0 Å². The van der Waals surface area contributed by atoms with Crippen molar-refractivity contribution in [2.75, 3.05) is 14.1 Å². The summed E-state index contributed by atoms with van der Waals surface area (Å²) in [6.07, 6.45) is 7.85. The second-order valence-electron chi connectivity index (χ2n) is 7.12. The highest BCUT2D eigenvalue weighted by Gasteiger charge is 2.53. The third kappa shape index (κ3) is 2.75. The van der Waals surface area contributed by atoms with E-state index in [1.165, 1.54) is 44.1 Å². The van der Waals surface area contributed by atoms with Crippen LogP contribution >= 0.6 is 0 Å². The SMILES string of the molecule is CN(C)C1(C(NN)C2CC2c2ccccc2)CCCCC1. The number of hydrazine groups is 1. The number of hydrogen-bond acceptors (Lipinski definition) is 3. The predicted octanol–water partition coefficient (Wildman–Crippen LogP) is 2.89. The zero-order chi connectivity index (χ0) is 14.9. The molecular formula is C18H29N3. The first-order valence-corrected chi connectivity index (χ1v) is 8.37. The lowest BCUT2D eigenvalue weighted by atomic mass is 9.73. The van der Waals surface area contributed by atoms with Gasteiger partial charge in [0.05, 0.1) is 0 Å². The lowest BCUT2D eigenvalue weighted by Gasteiger charge is -2.48. The second-order valence-corrected chi connectivity index (χ2v) is 7.12. The van der Waals surface area contributed by atoms with E-state index in [-0.39, 0.29) is 5.54 Å². The van der Waals surface area contributed by atoms with E-state index in [2.05, 4.69) is 54.8 Å². The molecule has 0 aliphatic heterocycles. The van der Waals surface area contributed by atoms with E-state index in [1.54, 1.807) is 0 Å². The average Bonchev–Trinajstić information content (AvgIpc) is 3.30. The van der Waals surface area contributed by atoms with Crippen LogP contribution in [0.4, 0.5) is 0 Å². The van der Waals surface area contributed by atoms with Crippen molar-refractivity contribution >= 4 is 0 Å². The van der Waals surface area contributed by atoms with Gasteiger partial charge in [-0.2, -0.15) is 0 Å². The Morgan fingerprint density at radius 2 is 1.81 bits per heavy atom. The average molecular weight is 287 g/mol. The summed E-state index contributed by atoms with van der Waals surface area (Å²) in [6.45, 7) is 0. The molecule has 3 N–H and O–H groups in total. The van der Waals surface area contributed by atoms with Crippen molar-refractivity contribution in [3.8, 4) is 0 Å². The first-order valence-electron chi connectivity index (χ1n) is 8.37. The van der Waals surface area contributed by atoms with Gasteiger partial charge in [-0.25, -0.2) is 0 Å². The van der Waals surface area contributed by atoms with Crippen LogP contribution in [0, 0.1) is 5.92 Å². The summed E-state index contributed by atoms with van der Waals surface area (Å²) >= 11 is 0. The van der Waals surface area contributed by atoms with Gasteiger partial charge in [0.2, 0.25) is 0 Å². The Hall–Kier alpha value is -0.900. The van der Waals surface area contributed by atoms with Crippen molar-refractivity contribution in [2.45, 2.75) is 56.0 Å². The zero-order valence-electron chi connectivity index (χ0n) is 13.4. The van der Waals surface area contributed by atoms with Gasteiger partial charge in [-0.1, -0.05) is 49.6 Å². The van der Waals surface area contributed by atoms with E-state index in [4.69, 9.17) is 5.84 Å². The highest BCUT2D eigenvalue weighted by molar-refractivity contribution is 5.28. The van der Waals surface area contributed by atoms with Gasteiger partial charge < -0.3 is 4.90 Å². The molecule has 1 aromatic carbocycles. The van der Waals surface area contributed by atoms with Gasteiger partial charge in [0.25, 0.3) is 0 Å². The number of benzene rings is 1. The summed E-state index contributed by atoms with van der Waals surface area (Å²) in [5.74, 6) is 7.40. The summed E-state index contributed by atoms with van der Waals surface area (Å²) < 4.78 is 0. The molecule has 3 atom stereocenters. The molecule has 116 valence electrons. The Bertz CT molecular complexity index is 451. The van der Waals surface area contributed by atoms with Gasteiger partial charge in [0.1, 0.15) is 0 Å². The summed E-state index contributed by atoms with van der Waals surface area (Å²) in [4.78, 5) is 2.44. The fraction of sp³-hybridized carbons (Fsp3) is 0.667. The van der Waals surface area contributed by atoms with Crippen molar-refractivity contribution in [1.29, 1.82) is 0 Å². The molecule has 21 heavy (non-hydrogen) atoms. The highest BCUT2D eigenvalue weighted by Crippen LogP contribution is 2.54. The number of nitrogens with one attached hydrogen (secondary N) is 1. The van der Waals surface area contributed by atoms with E-state index in [0.717, 1.165) is 0 Å². The summed E-state index contributed by atoms with van der Waals surface area (Å²) in [7, 11) is 4.46. The molecule has 2 aliphatic carbocycles. The predicted molar refractivity (Wildman–Crippen MR) is 87.9 cm³/mol. The molecule has 3 nitrogen and oxygen atoms in total. The first-order chi connectivity index (χ1) is 10.2. The molecule has 0 heterocycles. The minimum absolute atomic E-state index is 0.237. The number of hydrogen-bond donors (Lipinski definition) is 2. The lowest BCUT2D eigenvalue weighted by molar-refractivity contribution is 0.0474. The van der Waals surface area contributed by atoms with E-state index >= 15 is 0 Å². The second kappa shape index (κ2) is 6.07. The fourth-order valence-electron chi connectivity index (χ4n) is 4.54. The van der Waals surface area contributed by atoms with Crippen LogP contribution in [0.5, 0.6) is 0 Å². The van der Waals surface area contributed by atoms with Crippen LogP contribution in [0.2, 0.25) is 0 Å². The molecule has 0 bridgehead atoms. The molecule has 0 aromatic heterocycles. The molecule has 0 radical (unpaired) electrons.